The third-order valence-electron chi connectivity index (χ3n) is 4.92. The molecule has 3 amide bonds. The Labute approximate surface area is 137 Å². The van der Waals surface area contributed by atoms with Gasteiger partial charge in [0.05, 0.1) is 0 Å². The van der Waals surface area contributed by atoms with Crippen LogP contribution in [0.5, 0.6) is 0 Å². The van der Waals surface area contributed by atoms with Crippen molar-refractivity contribution in [3.63, 3.8) is 0 Å². The zero-order valence-electron chi connectivity index (χ0n) is 13.7. The van der Waals surface area contributed by atoms with E-state index in [9.17, 15) is 9.59 Å². The predicted molar refractivity (Wildman–Crippen MR) is 90.5 cm³/mol. The summed E-state index contributed by atoms with van der Waals surface area (Å²) < 4.78 is 0. The number of aryl methyl sites for hydroxylation is 1. The van der Waals surface area contributed by atoms with Crippen LogP contribution in [0.15, 0.2) is 18.2 Å². The predicted octanol–water partition coefficient (Wildman–Crippen LogP) is 2.70. The zero-order chi connectivity index (χ0) is 16.2. The summed E-state index contributed by atoms with van der Waals surface area (Å²) in [5.41, 5.74) is 3.60. The van der Waals surface area contributed by atoms with E-state index >= 15 is 0 Å². The van der Waals surface area contributed by atoms with E-state index in [4.69, 9.17) is 0 Å². The van der Waals surface area contributed by atoms with Crippen LogP contribution in [0, 0.1) is 0 Å². The largest absolute Gasteiger partial charge is 0.343 e. The second kappa shape index (κ2) is 7.02. The number of rotatable bonds is 2. The number of likely N-dealkylation sites (tertiary alicyclic amines) is 1. The summed E-state index contributed by atoms with van der Waals surface area (Å²) in [6.07, 6.45) is 6.22. The molecule has 0 unspecified atom stereocenters. The first-order valence-electron chi connectivity index (χ1n) is 8.57. The normalized spacial score (nSPS) is 18.2. The SMILES string of the molecule is CC(=O)N1CCC(NC(=O)Nc2cccc3c2CCCC3)CC1. The van der Waals surface area contributed by atoms with Crippen LogP contribution in [0.4, 0.5) is 10.5 Å². The summed E-state index contributed by atoms with van der Waals surface area (Å²) in [5, 5.41) is 6.07. The molecule has 23 heavy (non-hydrogen) atoms. The van der Waals surface area contributed by atoms with Gasteiger partial charge in [-0.3, -0.25) is 4.79 Å². The minimum absolute atomic E-state index is 0.115. The van der Waals surface area contributed by atoms with Gasteiger partial charge < -0.3 is 15.5 Å². The first-order valence-corrected chi connectivity index (χ1v) is 8.57. The summed E-state index contributed by atoms with van der Waals surface area (Å²) in [7, 11) is 0. The van der Waals surface area contributed by atoms with Gasteiger partial charge in [0.25, 0.3) is 0 Å². The molecule has 0 saturated carbocycles. The highest BCUT2D eigenvalue weighted by molar-refractivity contribution is 5.90. The molecule has 3 rings (SSSR count). The molecule has 1 aromatic rings. The van der Waals surface area contributed by atoms with Gasteiger partial charge in [0.2, 0.25) is 5.91 Å². The third-order valence-corrected chi connectivity index (χ3v) is 4.92. The van der Waals surface area contributed by atoms with Crippen molar-refractivity contribution in [3.05, 3.63) is 29.3 Å². The summed E-state index contributed by atoms with van der Waals surface area (Å²) >= 11 is 0. The smallest absolute Gasteiger partial charge is 0.319 e. The average molecular weight is 315 g/mol. The molecular weight excluding hydrogens is 290 g/mol. The Kier molecular flexibility index (Phi) is 4.84. The second-order valence-corrected chi connectivity index (χ2v) is 6.53. The number of nitrogens with one attached hydrogen (secondary N) is 2. The number of piperidine rings is 1. The molecule has 5 heteroatoms. The van der Waals surface area contributed by atoms with E-state index in [0.717, 1.165) is 44.5 Å². The number of urea groups is 1. The summed E-state index contributed by atoms with van der Waals surface area (Å²) in [4.78, 5) is 25.4. The van der Waals surface area contributed by atoms with E-state index in [1.807, 2.05) is 17.0 Å². The number of amides is 3. The van der Waals surface area contributed by atoms with Crippen molar-refractivity contribution < 1.29 is 9.59 Å². The lowest BCUT2D eigenvalue weighted by atomic mass is 9.90. The molecule has 0 atom stereocenters. The Bertz CT molecular complexity index is 592. The molecule has 1 aliphatic carbocycles. The number of carbonyl (C=O) groups is 2. The minimum atomic E-state index is -0.134. The van der Waals surface area contributed by atoms with Crippen LogP contribution in [0.3, 0.4) is 0 Å². The monoisotopic (exact) mass is 315 g/mol. The lowest BCUT2D eigenvalue weighted by Gasteiger charge is -2.31. The van der Waals surface area contributed by atoms with Crippen LogP contribution < -0.4 is 10.6 Å². The van der Waals surface area contributed by atoms with Crippen molar-refractivity contribution in [1.82, 2.24) is 10.2 Å². The topological polar surface area (TPSA) is 61.4 Å². The Balaban J connectivity index is 1.55. The first kappa shape index (κ1) is 15.8. The molecule has 0 radical (unpaired) electrons. The van der Waals surface area contributed by atoms with Gasteiger partial charge in [0, 0.05) is 31.7 Å². The maximum absolute atomic E-state index is 12.3. The van der Waals surface area contributed by atoms with Crippen molar-refractivity contribution in [3.8, 4) is 0 Å². The van der Waals surface area contributed by atoms with E-state index < -0.39 is 0 Å². The minimum Gasteiger partial charge on any atom is -0.343 e. The fourth-order valence-electron chi connectivity index (χ4n) is 3.58. The van der Waals surface area contributed by atoms with Gasteiger partial charge in [-0.05, 0) is 55.7 Å². The Morgan fingerprint density at radius 3 is 2.61 bits per heavy atom. The Morgan fingerprint density at radius 1 is 1.13 bits per heavy atom. The van der Waals surface area contributed by atoms with Gasteiger partial charge in [-0.25, -0.2) is 4.79 Å². The molecule has 0 spiro atoms. The fourth-order valence-corrected chi connectivity index (χ4v) is 3.58. The number of hydrogen-bond donors (Lipinski definition) is 2. The van der Waals surface area contributed by atoms with Gasteiger partial charge >= 0.3 is 6.03 Å². The lowest BCUT2D eigenvalue weighted by molar-refractivity contribution is -0.129. The van der Waals surface area contributed by atoms with Gasteiger partial charge in [-0.2, -0.15) is 0 Å². The number of anilines is 1. The van der Waals surface area contributed by atoms with Gasteiger partial charge in [-0.15, -0.1) is 0 Å². The Hall–Kier alpha value is -2.04. The van der Waals surface area contributed by atoms with Gasteiger partial charge in [-0.1, -0.05) is 12.1 Å². The maximum Gasteiger partial charge on any atom is 0.319 e. The zero-order valence-corrected chi connectivity index (χ0v) is 13.7. The fraction of sp³-hybridized carbons (Fsp3) is 0.556. The van der Waals surface area contributed by atoms with Crippen LogP contribution in [0.1, 0.15) is 43.7 Å². The number of hydrogen-bond acceptors (Lipinski definition) is 2. The highest BCUT2D eigenvalue weighted by Gasteiger charge is 2.22. The summed E-state index contributed by atoms with van der Waals surface area (Å²) in [6, 6.07) is 6.18. The van der Waals surface area contributed by atoms with E-state index in [-0.39, 0.29) is 18.0 Å². The molecule has 0 aromatic heterocycles. The Morgan fingerprint density at radius 2 is 1.87 bits per heavy atom. The molecule has 5 nitrogen and oxygen atoms in total. The van der Waals surface area contributed by atoms with E-state index in [1.54, 1.807) is 6.92 Å². The summed E-state index contributed by atoms with van der Waals surface area (Å²) in [5.74, 6) is 0.115. The number of fused-ring (bicyclic) bond motifs is 1. The molecule has 1 saturated heterocycles. The molecule has 1 aliphatic heterocycles. The van der Waals surface area contributed by atoms with Crippen LogP contribution in [-0.2, 0) is 17.6 Å². The van der Waals surface area contributed by atoms with Crippen molar-refractivity contribution in [2.24, 2.45) is 0 Å². The molecule has 2 N–H and O–H groups in total. The van der Waals surface area contributed by atoms with Crippen LogP contribution >= 0.6 is 0 Å². The quantitative estimate of drug-likeness (QED) is 0.881. The summed E-state index contributed by atoms with van der Waals surface area (Å²) in [6.45, 7) is 3.04. The molecule has 2 aliphatic rings. The molecule has 1 heterocycles. The highest BCUT2D eigenvalue weighted by Crippen LogP contribution is 2.27. The molecule has 124 valence electrons. The first-order chi connectivity index (χ1) is 11.1. The average Bonchev–Trinajstić information content (AvgIpc) is 2.55. The van der Waals surface area contributed by atoms with Crippen molar-refractivity contribution in [1.29, 1.82) is 0 Å². The van der Waals surface area contributed by atoms with Gasteiger partial charge in [0.15, 0.2) is 0 Å². The van der Waals surface area contributed by atoms with Crippen LogP contribution in [-0.4, -0.2) is 36.0 Å². The van der Waals surface area contributed by atoms with E-state index in [1.165, 1.54) is 24.0 Å². The molecule has 0 bridgehead atoms. The van der Waals surface area contributed by atoms with Crippen molar-refractivity contribution in [2.75, 3.05) is 18.4 Å². The number of nitrogens with zero attached hydrogens (tertiary/aromatic N) is 1. The van der Waals surface area contributed by atoms with Crippen molar-refractivity contribution >= 4 is 17.6 Å². The maximum atomic E-state index is 12.3. The molecule has 1 aromatic carbocycles. The van der Waals surface area contributed by atoms with Crippen LogP contribution in [0.25, 0.3) is 0 Å². The van der Waals surface area contributed by atoms with E-state index in [2.05, 4.69) is 16.7 Å². The van der Waals surface area contributed by atoms with Gasteiger partial charge in [0.1, 0.15) is 0 Å². The second-order valence-electron chi connectivity index (χ2n) is 6.53. The standard InChI is InChI=1S/C18H25N3O2/c1-13(22)21-11-9-15(10-12-21)19-18(23)20-17-8-4-6-14-5-2-3-7-16(14)17/h4,6,8,15H,2-3,5,7,9-12H2,1H3,(H2,19,20,23). The molecule has 1 fully saturated rings. The third kappa shape index (κ3) is 3.84. The highest BCUT2D eigenvalue weighted by atomic mass is 16.2. The molecular formula is C18H25N3O2. The lowest BCUT2D eigenvalue weighted by Crippen LogP contribution is -2.47. The van der Waals surface area contributed by atoms with Crippen LogP contribution in [0.2, 0.25) is 0 Å². The number of carbonyl (C=O) groups excluding carboxylic acids is 2. The van der Waals surface area contributed by atoms with Crippen molar-refractivity contribution in [2.45, 2.75) is 51.5 Å². The number of benzene rings is 1. The van der Waals surface area contributed by atoms with E-state index in [0.29, 0.717) is 0 Å².